The molecule has 0 spiro atoms. The molecule has 0 bridgehead atoms. The average Bonchev–Trinajstić information content (AvgIpc) is 2.82. The van der Waals surface area contributed by atoms with E-state index < -0.39 is 0 Å². The Hall–Kier alpha value is -1.81. The average molecular weight is 245 g/mol. The molecule has 18 heavy (non-hydrogen) atoms. The molecule has 1 N–H and O–H groups in total. The Labute approximate surface area is 108 Å². The maximum absolute atomic E-state index is 5.28. The number of benzene rings is 1. The van der Waals surface area contributed by atoms with E-state index in [4.69, 9.17) is 4.74 Å². The van der Waals surface area contributed by atoms with E-state index in [1.54, 1.807) is 7.11 Å². The Morgan fingerprint density at radius 2 is 2.17 bits per heavy atom. The number of ether oxygens (including phenoxy) is 1. The Morgan fingerprint density at radius 3 is 2.78 bits per heavy atom. The minimum atomic E-state index is 0.819. The number of methoxy groups -OCH3 is 1. The van der Waals surface area contributed by atoms with Crippen molar-refractivity contribution >= 4 is 0 Å². The van der Waals surface area contributed by atoms with E-state index in [2.05, 4.69) is 29.5 Å². The molecule has 4 heteroatoms. The summed E-state index contributed by atoms with van der Waals surface area (Å²) in [6.45, 7) is 3.86. The lowest BCUT2D eigenvalue weighted by atomic mass is 10.0. The monoisotopic (exact) mass is 245 g/mol. The van der Waals surface area contributed by atoms with Crippen molar-refractivity contribution in [3.05, 3.63) is 36.0 Å². The third-order valence-electron chi connectivity index (χ3n) is 2.87. The van der Waals surface area contributed by atoms with Gasteiger partial charge in [0.15, 0.2) is 0 Å². The quantitative estimate of drug-likeness (QED) is 0.877. The second kappa shape index (κ2) is 5.69. The summed E-state index contributed by atoms with van der Waals surface area (Å²) in [6, 6.07) is 8.12. The summed E-state index contributed by atoms with van der Waals surface area (Å²) in [5.74, 6) is 0.877. The third-order valence-corrected chi connectivity index (χ3v) is 2.87. The smallest absolute Gasteiger partial charge is 0.119 e. The Kier molecular flexibility index (Phi) is 3.99. The van der Waals surface area contributed by atoms with Gasteiger partial charge in [-0.3, -0.25) is 4.68 Å². The summed E-state index contributed by atoms with van der Waals surface area (Å²) >= 11 is 0. The van der Waals surface area contributed by atoms with Crippen molar-refractivity contribution in [2.24, 2.45) is 7.05 Å². The van der Waals surface area contributed by atoms with Crippen LogP contribution >= 0.6 is 0 Å². The highest BCUT2D eigenvalue weighted by Crippen LogP contribution is 2.26. The SMILES string of the molecule is CCNCc1cc(OC)ccc1-c1ccn(C)n1. The van der Waals surface area contributed by atoms with Gasteiger partial charge in [0, 0.05) is 25.4 Å². The fourth-order valence-electron chi connectivity index (χ4n) is 1.91. The molecule has 0 radical (unpaired) electrons. The number of aromatic nitrogens is 2. The summed E-state index contributed by atoms with van der Waals surface area (Å²) in [5.41, 5.74) is 3.35. The van der Waals surface area contributed by atoms with E-state index in [0.29, 0.717) is 0 Å². The van der Waals surface area contributed by atoms with E-state index in [-0.39, 0.29) is 0 Å². The predicted octanol–water partition coefficient (Wildman–Crippen LogP) is 2.21. The van der Waals surface area contributed by atoms with Crippen LogP contribution in [0.2, 0.25) is 0 Å². The molecule has 0 aliphatic carbocycles. The molecule has 0 saturated carbocycles. The van der Waals surface area contributed by atoms with E-state index in [9.17, 15) is 0 Å². The minimum Gasteiger partial charge on any atom is -0.497 e. The van der Waals surface area contributed by atoms with Crippen LogP contribution in [0.5, 0.6) is 5.75 Å². The molecule has 0 aliphatic rings. The van der Waals surface area contributed by atoms with Gasteiger partial charge in [-0.25, -0.2) is 0 Å². The van der Waals surface area contributed by atoms with Crippen LogP contribution in [0.4, 0.5) is 0 Å². The zero-order valence-corrected chi connectivity index (χ0v) is 11.1. The van der Waals surface area contributed by atoms with Crippen LogP contribution in [-0.2, 0) is 13.6 Å². The number of rotatable bonds is 5. The van der Waals surface area contributed by atoms with Crippen molar-refractivity contribution in [1.29, 1.82) is 0 Å². The predicted molar refractivity (Wildman–Crippen MR) is 72.6 cm³/mol. The summed E-state index contributed by atoms with van der Waals surface area (Å²) in [5, 5.41) is 7.80. The highest BCUT2D eigenvalue weighted by Gasteiger charge is 2.08. The highest BCUT2D eigenvalue weighted by molar-refractivity contribution is 5.64. The molecule has 1 aromatic carbocycles. The van der Waals surface area contributed by atoms with Crippen molar-refractivity contribution in [2.45, 2.75) is 13.5 Å². The van der Waals surface area contributed by atoms with E-state index in [1.807, 2.05) is 30.1 Å². The first-order valence-corrected chi connectivity index (χ1v) is 6.12. The largest absolute Gasteiger partial charge is 0.497 e. The van der Waals surface area contributed by atoms with Gasteiger partial charge in [-0.05, 0) is 36.4 Å². The molecule has 4 nitrogen and oxygen atoms in total. The fraction of sp³-hybridized carbons (Fsp3) is 0.357. The van der Waals surface area contributed by atoms with Crippen LogP contribution in [0.3, 0.4) is 0 Å². The minimum absolute atomic E-state index is 0.819. The number of hydrogen-bond acceptors (Lipinski definition) is 3. The van der Waals surface area contributed by atoms with Gasteiger partial charge in [0.2, 0.25) is 0 Å². The van der Waals surface area contributed by atoms with Gasteiger partial charge in [0.05, 0.1) is 12.8 Å². The first-order valence-electron chi connectivity index (χ1n) is 6.12. The van der Waals surface area contributed by atoms with Gasteiger partial charge in [-0.15, -0.1) is 0 Å². The first kappa shape index (κ1) is 12.6. The molecule has 0 atom stereocenters. The van der Waals surface area contributed by atoms with Crippen LogP contribution < -0.4 is 10.1 Å². The molecule has 0 saturated heterocycles. The Bertz CT molecular complexity index is 520. The van der Waals surface area contributed by atoms with Crippen molar-refractivity contribution in [3.8, 4) is 17.0 Å². The summed E-state index contributed by atoms with van der Waals surface area (Å²) in [7, 11) is 3.61. The highest BCUT2D eigenvalue weighted by atomic mass is 16.5. The van der Waals surface area contributed by atoms with Crippen molar-refractivity contribution < 1.29 is 4.74 Å². The molecule has 1 aromatic heterocycles. The lowest BCUT2D eigenvalue weighted by molar-refractivity contribution is 0.414. The molecule has 0 aliphatic heterocycles. The standard InChI is InChI=1S/C14H19N3O/c1-4-15-10-11-9-12(18-3)5-6-13(11)14-7-8-17(2)16-14/h5-9,15H,4,10H2,1-3H3. The van der Waals surface area contributed by atoms with Crippen molar-refractivity contribution in [3.63, 3.8) is 0 Å². The maximum atomic E-state index is 5.28. The van der Waals surface area contributed by atoms with Crippen molar-refractivity contribution in [2.75, 3.05) is 13.7 Å². The molecule has 2 rings (SSSR count). The number of nitrogens with one attached hydrogen (secondary N) is 1. The van der Waals surface area contributed by atoms with Gasteiger partial charge in [0.1, 0.15) is 5.75 Å². The van der Waals surface area contributed by atoms with Crippen LogP contribution in [-0.4, -0.2) is 23.4 Å². The van der Waals surface area contributed by atoms with Gasteiger partial charge in [-0.1, -0.05) is 6.92 Å². The van der Waals surface area contributed by atoms with Gasteiger partial charge >= 0.3 is 0 Å². The molecule has 96 valence electrons. The summed E-state index contributed by atoms with van der Waals surface area (Å²) in [4.78, 5) is 0. The molecule has 0 amide bonds. The molecule has 0 unspecified atom stereocenters. The first-order chi connectivity index (χ1) is 8.74. The number of hydrogen-bond donors (Lipinski definition) is 1. The van der Waals surface area contributed by atoms with Crippen molar-refractivity contribution in [1.82, 2.24) is 15.1 Å². The van der Waals surface area contributed by atoms with E-state index in [1.165, 1.54) is 5.56 Å². The second-order valence-electron chi connectivity index (χ2n) is 4.18. The number of aryl methyl sites for hydroxylation is 1. The molecular formula is C14H19N3O. The zero-order chi connectivity index (χ0) is 13.0. The molecule has 0 fully saturated rings. The maximum Gasteiger partial charge on any atom is 0.119 e. The lowest BCUT2D eigenvalue weighted by Crippen LogP contribution is -2.12. The van der Waals surface area contributed by atoms with Gasteiger partial charge < -0.3 is 10.1 Å². The van der Waals surface area contributed by atoms with Crippen LogP contribution in [0.15, 0.2) is 30.5 Å². The topological polar surface area (TPSA) is 39.1 Å². The number of nitrogens with zero attached hydrogens (tertiary/aromatic N) is 2. The molecular weight excluding hydrogens is 226 g/mol. The van der Waals surface area contributed by atoms with Crippen LogP contribution in [0.25, 0.3) is 11.3 Å². The molecule has 2 aromatic rings. The van der Waals surface area contributed by atoms with Gasteiger partial charge in [0.25, 0.3) is 0 Å². The summed E-state index contributed by atoms with van der Waals surface area (Å²) in [6.07, 6.45) is 1.95. The van der Waals surface area contributed by atoms with E-state index in [0.717, 1.165) is 30.1 Å². The van der Waals surface area contributed by atoms with Gasteiger partial charge in [-0.2, -0.15) is 5.10 Å². The van der Waals surface area contributed by atoms with Crippen LogP contribution in [0.1, 0.15) is 12.5 Å². The Morgan fingerprint density at radius 1 is 1.33 bits per heavy atom. The normalized spacial score (nSPS) is 10.6. The molecule has 1 heterocycles. The Balaban J connectivity index is 2.38. The summed E-state index contributed by atoms with van der Waals surface area (Å²) < 4.78 is 7.09. The lowest BCUT2D eigenvalue weighted by Gasteiger charge is -2.10. The van der Waals surface area contributed by atoms with Crippen LogP contribution in [0, 0.1) is 0 Å². The third kappa shape index (κ3) is 2.71. The fourth-order valence-corrected chi connectivity index (χ4v) is 1.91. The van der Waals surface area contributed by atoms with E-state index >= 15 is 0 Å². The zero-order valence-electron chi connectivity index (χ0n) is 11.1. The second-order valence-corrected chi connectivity index (χ2v) is 4.18.